The Bertz CT molecular complexity index is 908. The largest absolute Gasteiger partial charge is 0.389 e. The maximum absolute atomic E-state index is 12.6. The highest BCUT2D eigenvalue weighted by Crippen LogP contribution is 2.41. The maximum Gasteiger partial charge on any atom is 0.321 e. The topological polar surface area (TPSA) is 113 Å². The molecule has 1 aliphatic carbocycles. The molecule has 1 aliphatic heterocycles. The highest BCUT2D eigenvalue weighted by atomic mass is 16.2. The molecule has 1 saturated carbocycles. The van der Waals surface area contributed by atoms with Crippen molar-refractivity contribution < 1.29 is 4.79 Å². The zero-order valence-corrected chi connectivity index (χ0v) is 16.9. The predicted molar refractivity (Wildman–Crippen MR) is 113 cm³/mol. The van der Waals surface area contributed by atoms with Crippen LogP contribution in [-0.4, -0.2) is 64.8 Å². The van der Waals surface area contributed by atoms with Crippen LogP contribution in [0.2, 0.25) is 0 Å². The minimum Gasteiger partial charge on any atom is -0.389 e. The SMILES string of the molecule is CCN/C=C(\C=N)NC(=O)N1CC2CC(N(C)c3ncnc4[nH]ccc34)CC2C1. The first kappa shape index (κ1) is 19.2. The van der Waals surface area contributed by atoms with Gasteiger partial charge in [-0.15, -0.1) is 0 Å². The number of hydrogen-bond acceptors (Lipinski definition) is 6. The summed E-state index contributed by atoms with van der Waals surface area (Å²) in [6, 6.07) is 2.31. The van der Waals surface area contributed by atoms with Crippen LogP contribution in [0.3, 0.4) is 0 Å². The number of amides is 2. The van der Waals surface area contributed by atoms with Gasteiger partial charge in [0.25, 0.3) is 0 Å². The van der Waals surface area contributed by atoms with Crippen LogP contribution in [0.15, 0.2) is 30.5 Å². The quantitative estimate of drug-likeness (QED) is 0.557. The molecule has 1 saturated heterocycles. The van der Waals surface area contributed by atoms with E-state index in [9.17, 15) is 4.79 Å². The van der Waals surface area contributed by atoms with E-state index >= 15 is 0 Å². The number of carbonyl (C=O) groups is 1. The molecule has 2 amide bonds. The lowest BCUT2D eigenvalue weighted by Gasteiger charge is -2.28. The van der Waals surface area contributed by atoms with Crippen LogP contribution in [0.1, 0.15) is 19.8 Å². The first-order valence-corrected chi connectivity index (χ1v) is 10.1. The van der Waals surface area contributed by atoms with E-state index in [1.54, 1.807) is 12.5 Å². The van der Waals surface area contributed by atoms with Gasteiger partial charge in [-0.2, -0.15) is 0 Å². The Kier molecular flexibility index (Phi) is 5.37. The molecule has 0 bridgehead atoms. The number of allylic oxidation sites excluding steroid dienone is 1. The number of fused-ring (bicyclic) bond motifs is 2. The van der Waals surface area contributed by atoms with Crippen molar-refractivity contribution >= 4 is 29.1 Å². The van der Waals surface area contributed by atoms with E-state index in [2.05, 4.69) is 37.5 Å². The molecule has 2 unspecified atom stereocenters. The van der Waals surface area contributed by atoms with Crippen LogP contribution < -0.4 is 15.5 Å². The fourth-order valence-corrected chi connectivity index (χ4v) is 4.59. The van der Waals surface area contributed by atoms with Crippen LogP contribution in [0.4, 0.5) is 10.6 Å². The number of nitrogens with one attached hydrogen (secondary N) is 4. The monoisotopic (exact) mass is 396 g/mol. The van der Waals surface area contributed by atoms with E-state index in [-0.39, 0.29) is 6.03 Å². The number of urea groups is 1. The Labute approximate surface area is 170 Å². The van der Waals surface area contributed by atoms with Crippen molar-refractivity contribution in [1.82, 2.24) is 30.5 Å². The van der Waals surface area contributed by atoms with Crippen molar-refractivity contribution in [2.24, 2.45) is 11.8 Å². The Balaban J connectivity index is 1.37. The first-order chi connectivity index (χ1) is 14.1. The lowest BCUT2D eigenvalue weighted by Crippen LogP contribution is -2.40. The Morgan fingerprint density at radius 1 is 1.38 bits per heavy atom. The lowest BCUT2D eigenvalue weighted by atomic mass is 10.0. The third kappa shape index (κ3) is 3.76. The number of hydrogen-bond donors (Lipinski definition) is 4. The molecular weight excluding hydrogens is 368 g/mol. The van der Waals surface area contributed by atoms with Crippen molar-refractivity contribution in [3.8, 4) is 0 Å². The summed E-state index contributed by atoms with van der Waals surface area (Å²) in [5.74, 6) is 1.95. The molecule has 9 nitrogen and oxygen atoms in total. The molecule has 2 aromatic rings. The highest BCUT2D eigenvalue weighted by Gasteiger charge is 2.44. The summed E-state index contributed by atoms with van der Waals surface area (Å²) in [7, 11) is 2.10. The molecule has 9 heteroatoms. The number of nitrogens with zero attached hydrogens (tertiary/aromatic N) is 4. The molecule has 2 aliphatic rings. The molecule has 2 aromatic heterocycles. The zero-order chi connectivity index (χ0) is 20.4. The molecule has 4 N–H and O–H groups in total. The van der Waals surface area contributed by atoms with Gasteiger partial charge in [0.15, 0.2) is 0 Å². The summed E-state index contributed by atoms with van der Waals surface area (Å²) < 4.78 is 0. The molecule has 154 valence electrons. The number of carbonyl (C=O) groups excluding carboxylic acids is 1. The molecule has 0 aromatic carbocycles. The van der Waals surface area contributed by atoms with Crippen LogP contribution in [0.25, 0.3) is 11.0 Å². The lowest BCUT2D eigenvalue weighted by molar-refractivity contribution is 0.208. The fourth-order valence-electron chi connectivity index (χ4n) is 4.59. The van der Waals surface area contributed by atoms with Gasteiger partial charge in [-0.25, -0.2) is 14.8 Å². The van der Waals surface area contributed by atoms with Gasteiger partial charge in [-0.3, -0.25) is 0 Å². The van der Waals surface area contributed by atoms with Gasteiger partial charge in [0.1, 0.15) is 17.8 Å². The molecule has 4 rings (SSSR count). The number of aromatic amines is 1. The van der Waals surface area contributed by atoms with E-state index in [0.717, 1.165) is 55.5 Å². The Hall–Kier alpha value is -3.10. The number of H-pyrrole nitrogens is 1. The summed E-state index contributed by atoms with van der Waals surface area (Å²) in [5, 5.41) is 14.3. The second kappa shape index (κ2) is 8.10. The number of rotatable bonds is 6. The van der Waals surface area contributed by atoms with Gasteiger partial charge in [-0.05, 0) is 37.7 Å². The van der Waals surface area contributed by atoms with Gasteiger partial charge in [0.05, 0.1) is 11.1 Å². The maximum atomic E-state index is 12.6. The number of aromatic nitrogens is 3. The van der Waals surface area contributed by atoms with Gasteiger partial charge in [0.2, 0.25) is 0 Å². The average molecular weight is 396 g/mol. The third-order valence-corrected chi connectivity index (χ3v) is 6.10. The van der Waals surface area contributed by atoms with Crippen molar-refractivity contribution in [1.29, 1.82) is 5.41 Å². The second-order valence-electron chi connectivity index (χ2n) is 7.83. The van der Waals surface area contributed by atoms with Gasteiger partial charge < -0.3 is 30.8 Å². The second-order valence-corrected chi connectivity index (χ2v) is 7.83. The first-order valence-electron chi connectivity index (χ1n) is 10.1. The minimum absolute atomic E-state index is 0.123. The summed E-state index contributed by atoms with van der Waals surface area (Å²) in [4.78, 5) is 28.7. The van der Waals surface area contributed by atoms with Gasteiger partial charge in [0, 0.05) is 51.3 Å². The Morgan fingerprint density at radius 3 is 2.83 bits per heavy atom. The summed E-state index contributed by atoms with van der Waals surface area (Å²) in [6.07, 6.45) is 8.41. The van der Waals surface area contributed by atoms with Crippen LogP contribution >= 0.6 is 0 Å². The summed E-state index contributed by atoms with van der Waals surface area (Å²) in [6.45, 7) is 4.24. The van der Waals surface area contributed by atoms with Crippen LogP contribution in [0.5, 0.6) is 0 Å². The van der Waals surface area contributed by atoms with Crippen LogP contribution in [0, 0.1) is 17.2 Å². The van der Waals surface area contributed by atoms with Crippen molar-refractivity contribution in [3.05, 3.63) is 30.5 Å². The molecule has 0 radical (unpaired) electrons. The van der Waals surface area contributed by atoms with E-state index in [1.807, 2.05) is 24.1 Å². The van der Waals surface area contributed by atoms with E-state index < -0.39 is 0 Å². The van der Waals surface area contributed by atoms with Gasteiger partial charge >= 0.3 is 6.03 Å². The van der Waals surface area contributed by atoms with E-state index in [0.29, 0.717) is 23.6 Å². The van der Waals surface area contributed by atoms with Crippen LogP contribution in [-0.2, 0) is 0 Å². The standard InChI is InChI=1S/C20H28N8O/c1-3-22-9-15(8-21)26-20(29)28-10-13-6-16(7-14(13)11-28)27(2)19-17-4-5-23-18(17)24-12-25-19/h4-5,8-9,12-14,16,21-22H,3,6-7,10-11H2,1-2H3,(H,26,29)(H,23,24,25)/b15-9+,21-8?. The number of likely N-dealkylation sites (tertiary alicyclic amines) is 1. The average Bonchev–Trinajstić information content (AvgIpc) is 3.44. The summed E-state index contributed by atoms with van der Waals surface area (Å²) in [5.41, 5.74) is 1.33. The van der Waals surface area contributed by atoms with Crippen molar-refractivity contribution in [3.63, 3.8) is 0 Å². The molecular formula is C20H28N8O. The molecule has 2 atom stereocenters. The number of anilines is 1. The highest BCUT2D eigenvalue weighted by molar-refractivity contribution is 5.87. The minimum atomic E-state index is -0.123. The smallest absolute Gasteiger partial charge is 0.321 e. The van der Waals surface area contributed by atoms with E-state index in [1.165, 1.54) is 0 Å². The predicted octanol–water partition coefficient (Wildman–Crippen LogP) is 1.91. The fraction of sp³-hybridized carbons (Fsp3) is 0.500. The third-order valence-electron chi connectivity index (χ3n) is 6.10. The van der Waals surface area contributed by atoms with Crippen molar-refractivity contribution in [2.45, 2.75) is 25.8 Å². The van der Waals surface area contributed by atoms with Gasteiger partial charge in [-0.1, -0.05) is 0 Å². The zero-order valence-electron chi connectivity index (χ0n) is 16.9. The summed E-state index contributed by atoms with van der Waals surface area (Å²) >= 11 is 0. The molecule has 29 heavy (non-hydrogen) atoms. The molecule has 2 fully saturated rings. The molecule has 0 spiro atoms. The normalized spacial score (nSPS) is 23.9. The molecule has 3 heterocycles. The Morgan fingerprint density at radius 2 is 2.14 bits per heavy atom. The van der Waals surface area contributed by atoms with E-state index in [4.69, 9.17) is 5.41 Å². The van der Waals surface area contributed by atoms with Crippen molar-refractivity contribution in [2.75, 3.05) is 31.6 Å².